The molecule has 0 unspecified atom stereocenters. The molecule has 1 aromatic rings. The van der Waals surface area contributed by atoms with Crippen LogP contribution in [0.15, 0.2) is 33.2 Å². The van der Waals surface area contributed by atoms with Gasteiger partial charge in [0.2, 0.25) is 0 Å². The molecule has 0 saturated heterocycles. The Bertz CT molecular complexity index is 574. The predicted octanol–water partition coefficient (Wildman–Crippen LogP) is 1.27. The van der Waals surface area contributed by atoms with Crippen LogP contribution in [0.5, 0.6) is 0 Å². The van der Waals surface area contributed by atoms with Crippen molar-refractivity contribution >= 4 is 28.5 Å². The number of primary amides is 1. The predicted molar refractivity (Wildman–Crippen MR) is 76.6 cm³/mol. The number of hydrazone groups is 1. The smallest absolute Gasteiger partial charge is 0.284 e. The molecule has 7 heteroatoms. The topological polar surface area (TPSA) is 93.0 Å². The fourth-order valence-corrected chi connectivity index (χ4v) is 2.34. The van der Waals surface area contributed by atoms with Crippen molar-refractivity contribution in [2.75, 3.05) is 12.3 Å². The first-order valence-corrected chi connectivity index (χ1v) is 6.61. The zero-order chi connectivity index (χ0) is 13.8. The number of hydrogen-bond acceptors (Lipinski definition) is 5. The van der Waals surface area contributed by atoms with E-state index in [0.717, 1.165) is 16.4 Å². The Morgan fingerprint density at radius 2 is 2.58 bits per heavy atom. The van der Waals surface area contributed by atoms with Crippen molar-refractivity contribution in [3.63, 3.8) is 0 Å². The van der Waals surface area contributed by atoms with E-state index in [1.165, 1.54) is 11.8 Å². The molecule has 100 valence electrons. The number of nitrogens with two attached hydrogens (primary N) is 1. The zero-order valence-corrected chi connectivity index (χ0v) is 11.3. The lowest BCUT2D eigenvalue weighted by Crippen LogP contribution is -2.25. The number of nitrogens with zero attached hydrogens (tertiary/aromatic N) is 2. The highest BCUT2D eigenvalue weighted by Crippen LogP contribution is 2.19. The standard InChI is InChI=1S/C12H14N4O2S/c1-3-4-14-12-16-15-9(6-19-12)8-5-10(11(13)17)18-7(8)2/h3,5H,1,4,6H2,2H3,(H2,13,17)(H,14,16). The van der Waals surface area contributed by atoms with Gasteiger partial charge in [-0.15, -0.1) is 6.58 Å². The molecular formula is C12H14N4O2S. The van der Waals surface area contributed by atoms with E-state index < -0.39 is 5.91 Å². The number of aryl methyl sites for hydroxylation is 1. The molecule has 0 fully saturated rings. The third-order valence-corrected chi connectivity index (χ3v) is 3.38. The normalized spacial score (nSPS) is 16.9. The van der Waals surface area contributed by atoms with Crippen molar-refractivity contribution < 1.29 is 9.21 Å². The van der Waals surface area contributed by atoms with Gasteiger partial charge in [0.15, 0.2) is 10.9 Å². The molecule has 1 aliphatic rings. The van der Waals surface area contributed by atoms with Crippen LogP contribution in [0.2, 0.25) is 0 Å². The van der Waals surface area contributed by atoms with E-state index >= 15 is 0 Å². The van der Waals surface area contributed by atoms with E-state index in [9.17, 15) is 4.79 Å². The molecule has 2 rings (SSSR count). The third kappa shape index (κ3) is 3.05. The lowest BCUT2D eigenvalue weighted by molar-refractivity contribution is 0.0972. The minimum Gasteiger partial charge on any atom is -0.456 e. The lowest BCUT2D eigenvalue weighted by Gasteiger charge is -2.13. The maximum Gasteiger partial charge on any atom is 0.284 e. The summed E-state index contributed by atoms with van der Waals surface area (Å²) in [7, 11) is 0. The molecule has 1 amide bonds. The van der Waals surface area contributed by atoms with E-state index in [-0.39, 0.29) is 5.76 Å². The van der Waals surface area contributed by atoms with Gasteiger partial charge in [0.25, 0.3) is 5.91 Å². The van der Waals surface area contributed by atoms with Gasteiger partial charge in [-0.2, -0.15) is 5.10 Å². The van der Waals surface area contributed by atoms with Crippen LogP contribution in [0.3, 0.4) is 0 Å². The fourth-order valence-electron chi connectivity index (χ4n) is 1.57. The van der Waals surface area contributed by atoms with Gasteiger partial charge in [-0.05, 0) is 13.0 Å². The summed E-state index contributed by atoms with van der Waals surface area (Å²) >= 11 is 1.53. The van der Waals surface area contributed by atoms with Crippen LogP contribution >= 0.6 is 11.8 Å². The molecule has 0 spiro atoms. The van der Waals surface area contributed by atoms with Gasteiger partial charge in [0.05, 0.1) is 12.3 Å². The SMILES string of the molecule is C=CCN=C1NN=C(c2cc(C(N)=O)oc2C)CS1. The van der Waals surface area contributed by atoms with Crippen LogP contribution in [-0.2, 0) is 0 Å². The number of nitrogens with one attached hydrogen (secondary N) is 1. The Kier molecular flexibility index (Phi) is 4.06. The van der Waals surface area contributed by atoms with E-state index in [2.05, 4.69) is 22.1 Å². The highest BCUT2D eigenvalue weighted by atomic mass is 32.2. The van der Waals surface area contributed by atoms with Crippen LogP contribution in [0.4, 0.5) is 0 Å². The Hall–Kier alpha value is -2.02. The summed E-state index contributed by atoms with van der Waals surface area (Å²) in [6, 6.07) is 1.62. The van der Waals surface area contributed by atoms with E-state index in [1.807, 2.05) is 0 Å². The maximum atomic E-state index is 11.1. The quantitative estimate of drug-likeness (QED) is 0.811. The maximum absolute atomic E-state index is 11.1. The summed E-state index contributed by atoms with van der Waals surface area (Å²) in [4.78, 5) is 15.3. The summed E-state index contributed by atoms with van der Waals surface area (Å²) < 4.78 is 5.29. The van der Waals surface area contributed by atoms with Gasteiger partial charge in [0.1, 0.15) is 5.76 Å². The van der Waals surface area contributed by atoms with E-state index in [4.69, 9.17) is 10.2 Å². The second-order valence-corrected chi connectivity index (χ2v) is 4.80. The summed E-state index contributed by atoms with van der Waals surface area (Å²) in [5, 5.41) is 4.99. The largest absolute Gasteiger partial charge is 0.456 e. The van der Waals surface area contributed by atoms with Crippen LogP contribution < -0.4 is 11.2 Å². The second-order valence-electron chi connectivity index (χ2n) is 3.84. The monoisotopic (exact) mass is 278 g/mol. The Labute approximate surface area is 114 Å². The average molecular weight is 278 g/mol. The van der Waals surface area contributed by atoms with E-state index in [0.29, 0.717) is 18.1 Å². The van der Waals surface area contributed by atoms with Gasteiger partial charge < -0.3 is 10.2 Å². The Morgan fingerprint density at radius 3 is 3.11 bits per heavy atom. The van der Waals surface area contributed by atoms with Gasteiger partial charge in [-0.1, -0.05) is 17.8 Å². The summed E-state index contributed by atoms with van der Waals surface area (Å²) in [5.41, 5.74) is 9.63. The van der Waals surface area contributed by atoms with Crippen LogP contribution in [0, 0.1) is 6.92 Å². The van der Waals surface area contributed by atoms with E-state index in [1.54, 1.807) is 19.1 Å². The highest BCUT2D eigenvalue weighted by molar-refractivity contribution is 8.14. The van der Waals surface area contributed by atoms with Gasteiger partial charge >= 0.3 is 0 Å². The molecule has 1 aliphatic heterocycles. The highest BCUT2D eigenvalue weighted by Gasteiger charge is 2.19. The molecule has 1 aromatic heterocycles. The molecule has 3 N–H and O–H groups in total. The number of aliphatic imine (C=N–C) groups is 1. The number of thioether (sulfide) groups is 1. The first-order valence-electron chi connectivity index (χ1n) is 5.63. The Morgan fingerprint density at radius 1 is 1.79 bits per heavy atom. The number of amidine groups is 1. The number of furan rings is 1. The van der Waals surface area contributed by atoms with Crippen molar-refractivity contribution in [1.29, 1.82) is 0 Å². The lowest BCUT2D eigenvalue weighted by atomic mass is 10.1. The number of rotatable bonds is 4. The molecule has 2 heterocycles. The second kappa shape index (κ2) is 5.75. The van der Waals surface area contributed by atoms with Crippen molar-refractivity contribution in [2.45, 2.75) is 6.92 Å². The molecule has 0 saturated carbocycles. The summed E-state index contributed by atoms with van der Waals surface area (Å²) in [6.45, 7) is 5.93. The van der Waals surface area contributed by atoms with Gasteiger partial charge in [-0.25, -0.2) is 0 Å². The third-order valence-electron chi connectivity index (χ3n) is 2.47. The van der Waals surface area contributed by atoms with Gasteiger partial charge in [0, 0.05) is 11.3 Å². The minimum absolute atomic E-state index is 0.145. The number of carbonyl (C=O) groups excluding carboxylic acids is 1. The molecule has 0 aliphatic carbocycles. The summed E-state index contributed by atoms with van der Waals surface area (Å²) in [6.07, 6.45) is 1.72. The van der Waals surface area contributed by atoms with Crippen molar-refractivity contribution in [2.24, 2.45) is 15.8 Å². The molecular weight excluding hydrogens is 264 g/mol. The van der Waals surface area contributed by atoms with Crippen molar-refractivity contribution in [1.82, 2.24) is 5.43 Å². The van der Waals surface area contributed by atoms with Crippen LogP contribution in [0.25, 0.3) is 0 Å². The fraction of sp³-hybridized carbons (Fsp3) is 0.250. The minimum atomic E-state index is -0.584. The average Bonchev–Trinajstić information content (AvgIpc) is 2.79. The molecule has 6 nitrogen and oxygen atoms in total. The summed E-state index contributed by atoms with van der Waals surface area (Å²) in [5.74, 6) is 0.842. The molecule has 19 heavy (non-hydrogen) atoms. The van der Waals surface area contributed by atoms with Gasteiger partial charge in [-0.3, -0.25) is 15.2 Å². The molecule has 0 aromatic carbocycles. The Balaban J connectivity index is 2.18. The first kappa shape index (κ1) is 13.4. The molecule has 0 radical (unpaired) electrons. The van der Waals surface area contributed by atoms with Crippen molar-refractivity contribution in [3.05, 3.63) is 35.8 Å². The van der Waals surface area contributed by atoms with Crippen molar-refractivity contribution in [3.8, 4) is 0 Å². The number of hydrogen-bond donors (Lipinski definition) is 2. The zero-order valence-electron chi connectivity index (χ0n) is 10.5. The number of amides is 1. The number of carbonyl (C=O) groups is 1. The first-order chi connectivity index (χ1) is 9.11. The van der Waals surface area contributed by atoms with Crippen LogP contribution in [-0.4, -0.2) is 29.1 Å². The van der Waals surface area contributed by atoms with Crippen LogP contribution in [0.1, 0.15) is 21.9 Å². The molecule has 0 atom stereocenters. The molecule has 0 bridgehead atoms.